The van der Waals surface area contributed by atoms with Gasteiger partial charge >= 0.3 is 0 Å². The number of benzene rings is 2. The minimum atomic E-state index is -0.412. The molecular weight excluding hydrogens is 286 g/mol. The van der Waals surface area contributed by atoms with E-state index < -0.39 is 11.7 Å². The van der Waals surface area contributed by atoms with Gasteiger partial charge in [-0.1, -0.05) is 59.7 Å². The molecule has 3 heteroatoms. The molecule has 118 valence electrons. The van der Waals surface area contributed by atoms with Gasteiger partial charge in [-0.2, -0.15) is 0 Å². The first-order chi connectivity index (χ1) is 11.0. The van der Waals surface area contributed by atoms with E-state index in [1.54, 1.807) is 17.0 Å². The minimum absolute atomic E-state index is 0.206. The van der Waals surface area contributed by atoms with Crippen LogP contribution in [0.25, 0.3) is 0 Å². The molecule has 3 rings (SSSR count). The van der Waals surface area contributed by atoms with Gasteiger partial charge in [-0.05, 0) is 32.3 Å². The summed E-state index contributed by atoms with van der Waals surface area (Å²) in [5, 5.41) is 0. The molecule has 2 aromatic carbocycles. The maximum Gasteiger partial charge on any atom is 0.295 e. The number of carbonyl (C=O) groups excluding carboxylic acids is 2. The van der Waals surface area contributed by atoms with E-state index in [4.69, 9.17) is 0 Å². The van der Waals surface area contributed by atoms with Crippen LogP contribution in [0.1, 0.15) is 39.9 Å². The van der Waals surface area contributed by atoms with Crippen LogP contribution in [-0.2, 0) is 11.3 Å². The van der Waals surface area contributed by atoms with E-state index in [9.17, 15) is 9.59 Å². The van der Waals surface area contributed by atoms with Crippen molar-refractivity contribution in [3.05, 3.63) is 70.8 Å². The van der Waals surface area contributed by atoms with Crippen molar-refractivity contribution >= 4 is 11.7 Å². The van der Waals surface area contributed by atoms with E-state index >= 15 is 0 Å². The second kappa shape index (κ2) is 6.37. The molecule has 0 radical (unpaired) electrons. The largest absolute Gasteiger partial charge is 0.328 e. The van der Waals surface area contributed by atoms with Gasteiger partial charge in [0.15, 0.2) is 0 Å². The van der Waals surface area contributed by atoms with Gasteiger partial charge in [0.25, 0.3) is 5.91 Å². The fraction of sp³-hybridized carbons (Fsp3) is 0.300. The first-order valence-corrected chi connectivity index (χ1v) is 8.02. The van der Waals surface area contributed by atoms with Crippen molar-refractivity contribution in [2.45, 2.75) is 39.3 Å². The molecule has 0 aromatic heterocycles. The van der Waals surface area contributed by atoms with Gasteiger partial charge in [-0.25, -0.2) is 0 Å². The highest BCUT2D eigenvalue weighted by atomic mass is 16.2. The van der Waals surface area contributed by atoms with Crippen molar-refractivity contribution in [1.82, 2.24) is 4.90 Å². The van der Waals surface area contributed by atoms with Crippen molar-refractivity contribution in [3.8, 4) is 0 Å². The Morgan fingerprint density at radius 1 is 1.00 bits per heavy atom. The number of hydrogen-bond acceptors (Lipinski definition) is 2. The third kappa shape index (κ3) is 3.67. The van der Waals surface area contributed by atoms with Crippen LogP contribution in [0.15, 0.2) is 48.5 Å². The molecule has 1 amide bonds. The number of ketones is 1. The average molecular weight is 307 g/mol. The first kappa shape index (κ1) is 15.5. The lowest BCUT2D eigenvalue weighted by Crippen LogP contribution is -2.37. The minimum Gasteiger partial charge on any atom is -0.328 e. The molecule has 0 aliphatic heterocycles. The Labute approximate surface area is 136 Å². The van der Waals surface area contributed by atoms with Crippen LogP contribution in [0.5, 0.6) is 0 Å². The van der Waals surface area contributed by atoms with Gasteiger partial charge in [0.05, 0.1) is 0 Å². The van der Waals surface area contributed by atoms with Gasteiger partial charge in [0.2, 0.25) is 5.78 Å². The summed E-state index contributed by atoms with van der Waals surface area (Å²) < 4.78 is 0. The third-order valence-electron chi connectivity index (χ3n) is 4.19. The van der Waals surface area contributed by atoms with Crippen molar-refractivity contribution in [1.29, 1.82) is 0 Å². The number of hydrogen-bond donors (Lipinski definition) is 0. The highest BCUT2D eigenvalue weighted by Gasteiger charge is 2.35. The summed E-state index contributed by atoms with van der Waals surface area (Å²) in [5.74, 6) is -0.803. The lowest BCUT2D eigenvalue weighted by molar-refractivity contribution is -0.127. The number of aryl methyl sites for hydroxylation is 2. The maximum atomic E-state index is 12.7. The van der Waals surface area contributed by atoms with E-state index in [1.165, 1.54) is 0 Å². The fourth-order valence-electron chi connectivity index (χ4n) is 2.72. The second-order valence-electron chi connectivity index (χ2n) is 6.35. The number of Topliss-reactive ketones (excluding diaryl/α,β-unsaturated/α-hetero) is 1. The summed E-state index contributed by atoms with van der Waals surface area (Å²) in [5.41, 5.74) is 3.78. The molecule has 3 nitrogen and oxygen atoms in total. The van der Waals surface area contributed by atoms with Crippen LogP contribution in [0.3, 0.4) is 0 Å². The highest BCUT2D eigenvalue weighted by molar-refractivity contribution is 6.42. The van der Waals surface area contributed by atoms with Gasteiger partial charge in [-0.15, -0.1) is 0 Å². The molecule has 0 unspecified atom stereocenters. The molecule has 1 saturated carbocycles. The standard InChI is InChI=1S/C20H21NO2/c1-14-6-8-17(9-7-14)19(22)20(23)21(18-10-11-18)13-16-5-3-4-15(2)12-16/h3-9,12,18H,10-11,13H2,1-2H3. The van der Waals surface area contributed by atoms with Crippen LogP contribution in [0.4, 0.5) is 0 Å². The predicted molar refractivity (Wildman–Crippen MR) is 90.3 cm³/mol. The molecule has 2 aromatic rings. The molecule has 23 heavy (non-hydrogen) atoms. The van der Waals surface area contributed by atoms with Crippen molar-refractivity contribution < 1.29 is 9.59 Å². The van der Waals surface area contributed by atoms with Crippen LogP contribution in [0.2, 0.25) is 0 Å². The Bertz CT molecular complexity index is 730. The molecule has 1 fully saturated rings. The van der Waals surface area contributed by atoms with E-state index in [0.29, 0.717) is 12.1 Å². The van der Waals surface area contributed by atoms with Gasteiger partial charge < -0.3 is 4.90 Å². The Kier molecular flexibility index (Phi) is 4.28. The summed E-state index contributed by atoms with van der Waals surface area (Å²) >= 11 is 0. The summed E-state index contributed by atoms with van der Waals surface area (Å²) in [6, 6.07) is 15.5. The van der Waals surface area contributed by atoms with Crippen molar-refractivity contribution in [3.63, 3.8) is 0 Å². The third-order valence-corrected chi connectivity index (χ3v) is 4.19. The lowest BCUT2D eigenvalue weighted by Gasteiger charge is -2.22. The lowest BCUT2D eigenvalue weighted by atomic mass is 10.1. The molecule has 0 spiro atoms. The molecule has 0 N–H and O–H groups in total. The number of amides is 1. The maximum absolute atomic E-state index is 12.7. The van der Waals surface area contributed by atoms with Gasteiger partial charge in [-0.3, -0.25) is 9.59 Å². The molecule has 1 aliphatic rings. The predicted octanol–water partition coefficient (Wildman–Crippen LogP) is 3.68. The van der Waals surface area contributed by atoms with E-state index in [2.05, 4.69) is 6.07 Å². The SMILES string of the molecule is Cc1ccc(C(=O)C(=O)N(Cc2cccc(C)c2)C2CC2)cc1. The summed E-state index contributed by atoms with van der Waals surface area (Å²) in [4.78, 5) is 26.9. The van der Waals surface area contributed by atoms with E-state index in [1.807, 2.05) is 44.2 Å². The second-order valence-corrected chi connectivity index (χ2v) is 6.35. The zero-order chi connectivity index (χ0) is 16.4. The molecule has 0 heterocycles. The van der Waals surface area contributed by atoms with Gasteiger partial charge in [0, 0.05) is 18.2 Å². The Hall–Kier alpha value is -2.42. The zero-order valence-corrected chi connectivity index (χ0v) is 13.6. The fourth-order valence-corrected chi connectivity index (χ4v) is 2.72. The summed E-state index contributed by atoms with van der Waals surface area (Å²) in [7, 11) is 0. The van der Waals surface area contributed by atoms with E-state index in [-0.39, 0.29) is 6.04 Å². The van der Waals surface area contributed by atoms with Crippen LogP contribution in [-0.4, -0.2) is 22.6 Å². The molecule has 1 aliphatic carbocycles. The molecule has 0 atom stereocenters. The number of rotatable bonds is 5. The molecular formula is C20H21NO2. The quantitative estimate of drug-likeness (QED) is 0.624. The topological polar surface area (TPSA) is 37.4 Å². The van der Waals surface area contributed by atoms with Crippen molar-refractivity contribution in [2.24, 2.45) is 0 Å². The number of carbonyl (C=O) groups is 2. The molecule has 0 saturated heterocycles. The average Bonchev–Trinajstić information content (AvgIpc) is 3.37. The van der Waals surface area contributed by atoms with Crippen LogP contribution < -0.4 is 0 Å². The Morgan fingerprint density at radius 3 is 2.30 bits per heavy atom. The normalized spacial score (nSPS) is 13.7. The summed E-state index contributed by atoms with van der Waals surface area (Å²) in [6.07, 6.45) is 1.97. The first-order valence-electron chi connectivity index (χ1n) is 8.02. The van der Waals surface area contributed by atoms with Crippen LogP contribution in [0, 0.1) is 13.8 Å². The monoisotopic (exact) mass is 307 g/mol. The Balaban J connectivity index is 1.79. The molecule has 0 bridgehead atoms. The zero-order valence-electron chi connectivity index (χ0n) is 13.6. The van der Waals surface area contributed by atoms with E-state index in [0.717, 1.165) is 29.5 Å². The van der Waals surface area contributed by atoms with Gasteiger partial charge in [0.1, 0.15) is 0 Å². The highest BCUT2D eigenvalue weighted by Crippen LogP contribution is 2.29. The summed E-state index contributed by atoms with van der Waals surface area (Å²) in [6.45, 7) is 4.50. The number of nitrogens with zero attached hydrogens (tertiary/aromatic N) is 1. The smallest absolute Gasteiger partial charge is 0.295 e. The Morgan fingerprint density at radius 2 is 1.70 bits per heavy atom. The van der Waals surface area contributed by atoms with Crippen molar-refractivity contribution in [2.75, 3.05) is 0 Å². The van der Waals surface area contributed by atoms with Crippen LogP contribution >= 0.6 is 0 Å².